The normalized spacial score (nSPS) is 26.9. The Morgan fingerprint density at radius 2 is 1.95 bits per heavy atom. The lowest BCUT2D eigenvalue weighted by Crippen LogP contribution is -2.37. The average Bonchev–Trinajstić information content (AvgIpc) is 2.39. The van der Waals surface area contributed by atoms with E-state index < -0.39 is 11.6 Å². The van der Waals surface area contributed by atoms with Crippen molar-refractivity contribution in [3.63, 3.8) is 0 Å². The zero-order chi connectivity index (χ0) is 15.8. The molecule has 0 heterocycles. The van der Waals surface area contributed by atoms with Gasteiger partial charge < -0.3 is 0 Å². The Morgan fingerprint density at radius 3 is 2.57 bits per heavy atom. The van der Waals surface area contributed by atoms with Crippen LogP contribution in [0.25, 0.3) is 0 Å². The summed E-state index contributed by atoms with van der Waals surface area (Å²) in [6.45, 7) is 6.36. The summed E-state index contributed by atoms with van der Waals surface area (Å²) in [6, 6.07) is 2.73. The standard InChI is InChI=1S/C17H22BrClF2/c1-10-4-5-12(14(19)8-10)17(2,3)9-11-15(20)7-6-13(18)16(11)21/h6-7,10,12,14H,4-5,8-9H2,1-3H3. The van der Waals surface area contributed by atoms with E-state index in [9.17, 15) is 8.78 Å². The van der Waals surface area contributed by atoms with Crippen molar-refractivity contribution in [3.05, 3.63) is 33.8 Å². The van der Waals surface area contributed by atoms with Crippen molar-refractivity contribution in [1.29, 1.82) is 0 Å². The number of hydrogen-bond donors (Lipinski definition) is 0. The van der Waals surface area contributed by atoms with E-state index in [1.807, 2.05) is 0 Å². The number of alkyl halides is 1. The molecule has 118 valence electrons. The number of rotatable bonds is 3. The average molecular weight is 380 g/mol. The molecule has 1 aromatic carbocycles. The number of halogens is 4. The van der Waals surface area contributed by atoms with Gasteiger partial charge in [0.1, 0.15) is 11.6 Å². The minimum Gasteiger partial charge on any atom is -0.207 e. The molecule has 0 N–H and O–H groups in total. The van der Waals surface area contributed by atoms with Crippen molar-refractivity contribution < 1.29 is 8.78 Å². The molecule has 0 saturated heterocycles. The highest BCUT2D eigenvalue weighted by molar-refractivity contribution is 9.10. The molecule has 0 aromatic heterocycles. The monoisotopic (exact) mass is 378 g/mol. The predicted molar refractivity (Wildman–Crippen MR) is 87.7 cm³/mol. The molecule has 3 unspecified atom stereocenters. The molecule has 0 nitrogen and oxygen atoms in total. The smallest absolute Gasteiger partial charge is 0.143 e. The van der Waals surface area contributed by atoms with Crippen LogP contribution in [0.2, 0.25) is 0 Å². The van der Waals surface area contributed by atoms with E-state index in [0.29, 0.717) is 16.8 Å². The fourth-order valence-corrected chi connectivity index (χ4v) is 4.65. The van der Waals surface area contributed by atoms with Gasteiger partial charge in [0, 0.05) is 10.9 Å². The van der Waals surface area contributed by atoms with Crippen molar-refractivity contribution in [2.24, 2.45) is 17.3 Å². The first kappa shape index (κ1) is 17.2. The third kappa shape index (κ3) is 3.79. The van der Waals surface area contributed by atoms with E-state index in [0.717, 1.165) is 19.3 Å². The molecule has 0 spiro atoms. The molecule has 0 amide bonds. The van der Waals surface area contributed by atoms with Gasteiger partial charge in [0.15, 0.2) is 0 Å². The van der Waals surface area contributed by atoms with Crippen LogP contribution >= 0.6 is 27.5 Å². The Kier molecular flexibility index (Phi) is 5.36. The van der Waals surface area contributed by atoms with Crippen LogP contribution in [0.15, 0.2) is 16.6 Å². The fourth-order valence-electron chi connectivity index (χ4n) is 3.51. The highest BCUT2D eigenvalue weighted by Gasteiger charge is 2.39. The number of hydrogen-bond acceptors (Lipinski definition) is 0. The Bertz CT molecular complexity index is 516. The third-order valence-corrected chi connectivity index (χ3v) is 5.90. The van der Waals surface area contributed by atoms with Crippen LogP contribution in [0, 0.1) is 28.9 Å². The van der Waals surface area contributed by atoms with Crippen molar-refractivity contribution in [1.82, 2.24) is 0 Å². The van der Waals surface area contributed by atoms with Crippen LogP contribution in [0.5, 0.6) is 0 Å². The SMILES string of the molecule is CC1CCC(C(C)(C)Cc2c(F)ccc(Br)c2F)C(Cl)C1. The van der Waals surface area contributed by atoms with Gasteiger partial charge in [-0.1, -0.05) is 27.2 Å². The molecule has 0 aliphatic heterocycles. The van der Waals surface area contributed by atoms with Crippen LogP contribution < -0.4 is 0 Å². The lowest BCUT2D eigenvalue weighted by molar-refractivity contribution is 0.139. The van der Waals surface area contributed by atoms with E-state index in [2.05, 4.69) is 36.7 Å². The Labute approximate surface area is 139 Å². The van der Waals surface area contributed by atoms with Crippen molar-refractivity contribution in [2.45, 2.75) is 51.8 Å². The van der Waals surface area contributed by atoms with Crippen LogP contribution in [0.4, 0.5) is 8.78 Å². The van der Waals surface area contributed by atoms with Gasteiger partial charge in [-0.3, -0.25) is 0 Å². The second-order valence-electron chi connectivity index (χ2n) is 7.03. The van der Waals surface area contributed by atoms with E-state index in [1.165, 1.54) is 12.1 Å². The maximum Gasteiger partial charge on any atom is 0.143 e. The summed E-state index contributed by atoms with van der Waals surface area (Å²) in [4.78, 5) is 0. The second kappa shape index (κ2) is 6.54. The highest BCUT2D eigenvalue weighted by Crippen LogP contribution is 2.45. The molecular formula is C17H22BrClF2. The maximum absolute atomic E-state index is 14.2. The summed E-state index contributed by atoms with van der Waals surface area (Å²) in [6.07, 6.45) is 3.52. The zero-order valence-corrected chi connectivity index (χ0v) is 15.1. The third-order valence-electron chi connectivity index (χ3n) is 4.81. The van der Waals surface area contributed by atoms with Crippen molar-refractivity contribution >= 4 is 27.5 Å². The summed E-state index contributed by atoms with van der Waals surface area (Å²) in [7, 11) is 0. The molecule has 21 heavy (non-hydrogen) atoms. The summed E-state index contributed by atoms with van der Waals surface area (Å²) >= 11 is 9.68. The van der Waals surface area contributed by atoms with Gasteiger partial charge in [-0.15, -0.1) is 11.6 Å². The molecule has 1 saturated carbocycles. The Morgan fingerprint density at radius 1 is 1.29 bits per heavy atom. The summed E-state index contributed by atoms with van der Waals surface area (Å²) in [5.74, 6) is -0.0375. The van der Waals surface area contributed by atoms with Gasteiger partial charge in [0.25, 0.3) is 0 Å². The van der Waals surface area contributed by atoms with Crippen molar-refractivity contribution in [2.75, 3.05) is 0 Å². The maximum atomic E-state index is 14.2. The largest absolute Gasteiger partial charge is 0.207 e. The minimum atomic E-state index is -0.488. The number of benzene rings is 1. The molecule has 0 radical (unpaired) electrons. The van der Waals surface area contributed by atoms with E-state index >= 15 is 0 Å². The fraction of sp³-hybridized carbons (Fsp3) is 0.647. The van der Waals surface area contributed by atoms with Gasteiger partial charge in [-0.2, -0.15) is 0 Å². The van der Waals surface area contributed by atoms with Gasteiger partial charge in [-0.05, 0) is 64.6 Å². The minimum absolute atomic E-state index is 0.0852. The topological polar surface area (TPSA) is 0 Å². The molecule has 1 aromatic rings. The molecule has 1 aliphatic carbocycles. The molecule has 1 aliphatic rings. The van der Waals surface area contributed by atoms with Crippen LogP contribution in [-0.4, -0.2) is 5.38 Å². The zero-order valence-electron chi connectivity index (χ0n) is 12.7. The van der Waals surface area contributed by atoms with Gasteiger partial charge >= 0.3 is 0 Å². The van der Waals surface area contributed by atoms with Crippen LogP contribution in [0.3, 0.4) is 0 Å². The highest BCUT2D eigenvalue weighted by atomic mass is 79.9. The summed E-state index contributed by atoms with van der Waals surface area (Å²) < 4.78 is 28.5. The molecule has 0 bridgehead atoms. The molecule has 4 heteroatoms. The first-order valence-electron chi connectivity index (χ1n) is 7.49. The van der Waals surface area contributed by atoms with Crippen LogP contribution in [0.1, 0.15) is 45.6 Å². The van der Waals surface area contributed by atoms with Crippen LogP contribution in [-0.2, 0) is 6.42 Å². The molecule has 3 atom stereocenters. The first-order chi connectivity index (χ1) is 9.72. The molecule has 2 rings (SSSR count). The van der Waals surface area contributed by atoms with Gasteiger partial charge in [0.2, 0.25) is 0 Å². The van der Waals surface area contributed by atoms with E-state index in [-0.39, 0.29) is 22.3 Å². The predicted octanol–water partition coefficient (Wildman–Crippen LogP) is 6.34. The lowest BCUT2D eigenvalue weighted by Gasteiger charge is -2.42. The Hall–Kier alpha value is -0.150. The van der Waals surface area contributed by atoms with E-state index in [4.69, 9.17) is 11.6 Å². The van der Waals surface area contributed by atoms with Crippen molar-refractivity contribution in [3.8, 4) is 0 Å². The van der Waals surface area contributed by atoms with E-state index in [1.54, 1.807) is 0 Å². The van der Waals surface area contributed by atoms with Gasteiger partial charge in [-0.25, -0.2) is 8.78 Å². The Balaban J connectivity index is 2.23. The second-order valence-corrected chi connectivity index (χ2v) is 8.44. The summed E-state index contributed by atoms with van der Waals surface area (Å²) in [5, 5.41) is 0.0852. The van der Waals surface area contributed by atoms with Gasteiger partial charge in [0.05, 0.1) is 4.47 Å². The summed E-state index contributed by atoms with van der Waals surface area (Å²) in [5.41, 5.74) is -0.0634. The first-order valence-corrected chi connectivity index (χ1v) is 8.71. The molecule has 1 fully saturated rings. The quantitative estimate of drug-likeness (QED) is 0.424. The lowest BCUT2D eigenvalue weighted by atomic mass is 9.66. The molecular weight excluding hydrogens is 358 g/mol.